The molecule has 0 bridgehead atoms. The van der Waals surface area contributed by atoms with Crippen LogP contribution in [0.25, 0.3) is 11.0 Å². The van der Waals surface area contributed by atoms with E-state index in [2.05, 4.69) is 5.32 Å². The number of ketones is 1. The molecule has 22 heavy (non-hydrogen) atoms. The minimum atomic E-state index is -0.432. The van der Waals surface area contributed by atoms with Crippen LogP contribution in [0.3, 0.4) is 0 Å². The van der Waals surface area contributed by atoms with Gasteiger partial charge in [-0.2, -0.15) is 0 Å². The van der Waals surface area contributed by atoms with Crippen molar-refractivity contribution in [3.8, 4) is 0 Å². The Morgan fingerprint density at radius 3 is 2.73 bits per heavy atom. The number of rotatable bonds is 4. The molecule has 0 aliphatic heterocycles. The molecule has 112 valence electrons. The first kappa shape index (κ1) is 14.3. The lowest BCUT2D eigenvalue weighted by atomic mass is 10.1. The van der Waals surface area contributed by atoms with Gasteiger partial charge >= 0.3 is 0 Å². The molecule has 1 N–H and O–H groups in total. The molecule has 3 rings (SSSR count). The minimum Gasteiger partial charge on any atom is -0.453 e. The highest BCUT2D eigenvalue weighted by Crippen LogP contribution is 2.26. The van der Waals surface area contributed by atoms with Gasteiger partial charge in [-0.25, -0.2) is 8.78 Å². The summed E-state index contributed by atoms with van der Waals surface area (Å²) < 4.78 is 32.2. The molecular weight excluding hydrogens is 288 g/mol. The molecule has 0 saturated heterocycles. The number of furan rings is 1. The number of aryl methyl sites for hydroxylation is 1. The smallest absolute Gasteiger partial charge is 0.217 e. The van der Waals surface area contributed by atoms with Crippen LogP contribution in [0.1, 0.15) is 16.1 Å². The number of carbonyl (C=O) groups excluding carboxylic acids is 1. The van der Waals surface area contributed by atoms with E-state index in [0.29, 0.717) is 16.5 Å². The third-order valence-corrected chi connectivity index (χ3v) is 3.46. The second-order valence-electron chi connectivity index (χ2n) is 4.95. The van der Waals surface area contributed by atoms with E-state index in [4.69, 9.17) is 4.42 Å². The van der Waals surface area contributed by atoms with Gasteiger partial charge in [-0.15, -0.1) is 0 Å². The molecule has 5 heteroatoms. The molecule has 0 unspecified atom stereocenters. The van der Waals surface area contributed by atoms with Crippen molar-refractivity contribution in [3.05, 3.63) is 65.4 Å². The van der Waals surface area contributed by atoms with Gasteiger partial charge in [-0.1, -0.05) is 12.1 Å². The second kappa shape index (κ2) is 5.60. The maximum Gasteiger partial charge on any atom is 0.217 e. The maximum absolute atomic E-state index is 13.5. The molecule has 0 amide bonds. The topological polar surface area (TPSA) is 42.2 Å². The van der Waals surface area contributed by atoms with Crippen LogP contribution < -0.4 is 5.32 Å². The molecule has 0 aliphatic carbocycles. The summed E-state index contributed by atoms with van der Waals surface area (Å²) in [4.78, 5) is 12.2. The molecule has 0 radical (unpaired) electrons. The first-order valence-corrected chi connectivity index (χ1v) is 6.76. The first-order valence-electron chi connectivity index (χ1n) is 6.76. The third-order valence-electron chi connectivity index (χ3n) is 3.46. The normalized spacial score (nSPS) is 10.9. The van der Waals surface area contributed by atoms with Crippen LogP contribution in [0.4, 0.5) is 14.5 Å². The van der Waals surface area contributed by atoms with Gasteiger partial charge in [0.15, 0.2) is 5.76 Å². The van der Waals surface area contributed by atoms with Crippen LogP contribution in [0.15, 0.2) is 46.9 Å². The molecule has 2 aromatic carbocycles. The number of carbonyl (C=O) groups is 1. The predicted octanol–water partition coefficient (Wildman–Crippen LogP) is 4.31. The van der Waals surface area contributed by atoms with Crippen LogP contribution in [0.2, 0.25) is 0 Å². The zero-order chi connectivity index (χ0) is 15.7. The average Bonchev–Trinajstić information content (AvgIpc) is 2.83. The Bertz CT molecular complexity index is 855. The lowest BCUT2D eigenvalue weighted by molar-refractivity contribution is 0.0981. The Morgan fingerprint density at radius 1 is 1.18 bits per heavy atom. The predicted molar refractivity (Wildman–Crippen MR) is 80.1 cm³/mol. The highest BCUT2D eigenvalue weighted by Gasteiger charge is 2.18. The molecule has 1 heterocycles. The Balaban J connectivity index is 1.83. The second-order valence-corrected chi connectivity index (χ2v) is 4.95. The molecule has 0 aliphatic rings. The van der Waals surface area contributed by atoms with Crippen LogP contribution in [0.5, 0.6) is 0 Å². The number of halogens is 2. The summed E-state index contributed by atoms with van der Waals surface area (Å²) in [5, 5.41) is 3.30. The Hall–Kier alpha value is -2.69. The Morgan fingerprint density at radius 2 is 1.95 bits per heavy atom. The van der Waals surface area contributed by atoms with E-state index in [9.17, 15) is 13.6 Å². The van der Waals surface area contributed by atoms with E-state index in [-0.39, 0.29) is 29.6 Å². The fraction of sp³-hybridized carbons (Fsp3) is 0.118. The number of nitrogens with one attached hydrogen (secondary N) is 1. The van der Waals surface area contributed by atoms with Crippen molar-refractivity contribution >= 4 is 22.4 Å². The summed E-state index contributed by atoms with van der Waals surface area (Å²) in [6.45, 7) is 1.59. The Kier molecular flexibility index (Phi) is 3.63. The lowest BCUT2D eigenvalue weighted by Gasteiger charge is -2.05. The number of benzene rings is 2. The summed E-state index contributed by atoms with van der Waals surface area (Å²) in [5.41, 5.74) is 1.28. The van der Waals surface area contributed by atoms with Crippen molar-refractivity contribution in [2.45, 2.75) is 6.92 Å². The van der Waals surface area contributed by atoms with Crippen molar-refractivity contribution in [2.24, 2.45) is 0 Å². The SMILES string of the molecule is Cc1c(C(=O)CNc2ccccc2F)oc2ccc(F)cc12. The van der Waals surface area contributed by atoms with Crippen LogP contribution in [0, 0.1) is 18.6 Å². The van der Waals surface area contributed by atoms with Gasteiger partial charge < -0.3 is 9.73 Å². The first-order chi connectivity index (χ1) is 10.6. The van der Waals surface area contributed by atoms with Crippen molar-refractivity contribution in [1.29, 1.82) is 0 Å². The van der Waals surface area contributed by atoms with Gasteiger partial charge in [0.25, 0.3) is 0 Å². The molecule has 0 saturated carbocycles. The molecule has 0 spiro atoms. The van der Waals surface area contributed by atoms with E-state index in [1.54, 1.807) is 25.1 Å². The van der Waals surface area contributed by atoms with Crippen molar-refractivity contribution < 1.29 is 18.0 Å². The monoisotopic (exact) mass is 301 g/mol. The highest BCUT2D eigenvalue weighted by molar-refractivity contribution is 6.02. The van der Waals surface area contributed by atoms with E-state index >= 15 is 0 Å². The summed E-state index contributed by atoms with van der Waals surface area (Å²) in [6, 6.07) is 10.2. The summed E-state index contributed by atoms with van der Waals surface area (Å²) in [6.07, 6.45) is 0. The fourth-order valence-electron chi connectivity index (χ4n) is 2.32. The van der Waals surface area contributed by atoms with Crippen molar-refractivity contribution in [3.63, 3.8) is 0 Å². The molecule has 0 fully saturated rings. The lowest BCUT2D eigenvalue weighted by Crippen LogP contribution is -2.14. The number of hydrogen-bond donors (Lipinski definition) is 1. The molecular formula is C17H13F2NO2. The molecule has 3 aromatic rings. The number of fused-ring (bicyclic) bond motifs is 1. The van der Waals surface area contributed by atoms with Crippen LogP contribution in [-0.4, -0.2) is 12.3 Å². The molecule has 1 aromatic heterocycles. The van der Waals surface area contributed by atoms with E-state index in [1.807, 2.05) is 0 Å². The molecule has 3 nitrogen and oxygen atoms in total. The quantitative estimate of drug-likeness (QED) is 0.730. The summed E-state index contributed by atoms with van der Waals surface area (Å²) in [5.74, 6) is -0.986. The van der Waals surface area contributed by atoms with Crippen molar-refractivity contribution in [2.75, 3.05) is 11.9 Å². The minimum absolute atomic E-state index is 0.107. The van der Waals surface area contributed by atoms with Crippen molar-refractivity contribution in [1.82, 2.24) is 0 Å². The largest absolute Gasteiger partial charge is 0.453 e. The standard InChI is InChI=1S/C17H13F2NO2/c1-10-12-8-11(18)6-7-16(12)22-17(10)15(21)9-20-14-5-3-2-4-13(14)19/h2-8,20H,9H2,1H3. The highest BCUT2D eigenvalue weighted by atomic mass is 19.1. The van der Waals surface area contributed by atoms with Gasteiger partial charge in [0.05, 0.1) is 12.2 Å². The summed E-state index contributed by atoms with van der Waals surface area (Å²) in [7, 11) is 0. The zero-order valence-electron chi connectivity index (χ0n) is 11.8. The van der Waals surface area contributed by atoms with Gasteiger partial charge in [0.2, 0.25) is 5.78 Å². The number of hydrogen-bond acceptors (Lipinski definition) is 3. The van der Waals surface area contributed by atoms with Gasteiger partial charge in [0, 0.05) is 10.9 Å². The van der Waals surface area contributed by atoms with Gasteiger partial charge in [-0.3, -0.25) is 4.79 Å². The molecule has 0 atom stereocenters. The fourth-order valence-corrected chi connectivity index (χ4v) is 2.32. The van der Waals surface area contributed by atoms with Crippen LogP contribution in [-0.2, 0) is 0 Å². The number of para-hydroxylation sites is 1. The number of anilines is 1. The van der Waals surface area contributed by atoms with Gasteiger partial charge in [-0.05, 0) is 37.3 Å². The Labute approximate surface area is 125 Å². The van der Waals surface area contributed by atoms with E-state index in [1.165, 1.54) is 24.3 Å². The zero-order valence-corrected chi connectivity index (χ0v) is 11.8. The number of Topliss-reactive ketones (excluding diaryl/α,β-unsaturated/α-hetero) is 1. The van der Waals surface area contributed by atoms with Crippen LogP contribution >= 0.6 is 0 Å². The van der Waals surface area contributed by atoms with Gasteiger partial charge in [0.1, 0.15) is 17.2 Å². The van der Waals surface area contributed by atoms with E-state index < -0.39 is 5.82 Å². The summed E-state index contributed by atoms with van der Waals surface area (Å²) >= 11 is 0. The maximum atomic E-state index is 13.5. The third kappa shape index (κ3) is 2.57. The van der Waals surface area contributed by atoms with E-state index in [0.717, 1.165) is 0 Å². The average molecular weight is 301 g/mol.